The number of nitrogens with zero attached hydrogens (tertiary/aromatic N) is 1. The third-order valence-corrected chi connectivity index (χ3v) is 5.67. The number of hydrogen-bond acceptors (Lipinski definition) is 3. The SMILES string of the molecule is CC1(C)CC[C@H]2CN(C(=O)C3CCOCC3)CC[C@@]2(C)O1. The van der Waals surface area contributed by atoms with E-state index < -0.39 is 0 Å². The Morgan fingerprint density at radius 1 is 1.10 bits per heavy atom. The Morgan fingerprint density at radius 3 is 2.52 bits per heavy atom. The van der Waals surface area contributed by atoms with Crippen molar-refractivity contribution in [2.75, 3.05) is 26.3 Å². The van der Waals surface area contributed by atoms with Crippen LogP contribution < -0.4 is 0 Å². The molecule has 0 bridgehead atoms. The molecule has 0 unspecified atom stereocenters. The fraction of sp³-hybridized carbons (Fsp3) is 0.941. The van der Waals surface area contributed by atoms with E-state index in [1.807, 2.05) is 0 Å². The van der Waals surface area contributed by atoms with Crippen molar-refractivity contribution in [3.63, 3.8) is 0 Å². The van der Waals surface area contributed by atoms with E-state index in [2.05, 4.69) is 25.7 Å². The van der Waals surface area contributed by atoms with Crippen LogP contribution in [0.15, 0.2) is 0 Å². The number of hydrogen-bond donors (Lipinski definition) is 0. The molecular weight excluding hydrogens is 266 g/mol. The van der Waals surface area contributed by atoms with Crippen LogP contribution in [0.5, 0.6) is 0 Å². The minimum Gasteiger partial charge on any atom is -0.381 e. The second kappa shape index (κ2) is 5.54. The molecule has 2 atom stereocenters. The van der Waals surface area contributed by atoms with Gasteiger partial charge in [-0.05, 0) is 52.9 Å². The average molecular weight is 295 g/mol. The minimum absolute atomic E-state index is 0.0157. The maximum atomic E-state index is 12.7. The van der Waals surface area contributed by atoms with Crippen LogP contribution in [0.3, 0.4) is 0 Å². The lowest BCUT2D eigenvalue weighted by Gasteiger charge is -2.53. The number of carbonyl (C=O) groups excluding carboxylic acids is 1. The van der Waals surface area contributed by atoms with Crippen LogP contribution in [-0.2, 0) is 14.3 Å². The van der Waals surface area contributed by atoms with Crippen molar-refractivity contribution in [2.45, 2.75) is 64.1 Å². The molecule has 0 aliphatic carbocycles. The number of ether oxygens (including phenoxy) is 2. The zero-order valence-electron chi connectivity index (χ0n) is 13.7. The molecule has 0 N–H and O–H groups in total. The maximum Gasteiger partial charge on any atom is 0.225 e. The van der Waals surface area contributed by atoms with Gasteiger partial charge in [0.25, 0.3) is 0 Å². The van der Waals surface area contributed by atoms with Crippen molar-refractivity contribution in [1.29, 1.82) is 0 Å². The molecule has 21 heavy (non-hydrogen) atoms. The molecule has 0 aromatic rings. The van der Waals surface area contributed by atoms with Gasteiger partial charge >= 0.3 is 0 Å². The van der Waals surface area contributed by atoms with Crippen LogP contribution >= 0.6 is 0 Å². The summed E-state index contributed by atoms with van der Waals surface area (Å²) in [5.74, 6) is 1.03. The van der Waals surface area contributed by atoms with E-state index in [1.54, 1.807) is 0 Å². The fourth-order valence-electron chi connectivity index (χ4n) is 4.25. The average Bonchev–Trinajstić information content (AvgIpc) is 2.45. The lowest BCUT2D eigenvalue weighted by Crippen LogP contribution is -2.59. The number of piperidine rings is 1. The van der Waals surface area contributed by atoms with Crippen molar-refractivity contribution >= 4 is 5.91 Å². The standard InChI is InChI=1S/C17H29NO3/c1-16(2)7-4-14-12-18(9-8-17(14,3)21-16)15(19)13-5-10-20-11-6-13/h13-14H,4-12H2,1-3H3/t14-,17+/m0/s1. The van der Waals surface area contributed by atoms with Crippen LogP contribution in [0.1, 0.15) is 52.9 Å². The summed E-state index contributed by atoms with van der Waals surface area (Å²) >= 11 is 0. The summed E-state index contributed by atoms with van der Waals surface area (Å²) in [6, 6.07) is 0. The van der Waals surface area contributed by atoms with Crippen LogP contribution in [0, 0.1) is 11.8 Å². The van der Waals surface area contributed by atoms with Crippen molar-refractivity contribution in [3.05, 3.63) is 0 Å². The normalized spacial score (nSPS) is 37.1. The Bertz CT molecular complexity index is 403. The van der Waals surface area contributed by atoms with Crippen molar-refractivity contribution in [2.24, 2.45) is 11.8 Å². The quantitative estimate of drug-likeness (QED) is 0.746. The van der Waals surface area contributed by atoms with Gasteiger partial charge in [-0.1, -0.05) is 0 Å². The van der Waals surface area contributed by atoms with Crippen LogP contribution in [0.4, 0.5) is 0 Å². The van der Waals surface area contributed by atoms with Gasteiger partial charge in [0.2, 0.25) is 5.91 Å². The van der Waals surface area contributed by atoms with E-state index in [0.29, 0.717) is 11.8 Å². The van der Waals surface area contributed by atoms with E-state index in [-0.39, 0.29) is 17.1 Å². The number of amides is 1. The molecule has 4 heteroatoms. The maximum absolute atomic E-state index is 12.7. The number of likely N-dealkylation sites (tertiary alicyclic amines) is 1. The molecule has 0 radical (unpaired) electrons. The van der Waals surface area contributed by atoms with Crippen molar-refractivity contribution in [3.8, 4) is 0 Å². The summed E-state index contributed by atoms with van der Waals surface area (Å²) in [6.45, 7) is 9.82. The number of rotatable bonds is 1. The summed E-state index contributed by atoms with van der Waals surface area (Å²) in [5, 5.41) is 0. The smallest absolute Gasteiger partial charge is 0.225 e. The first-order chi connectivity index (χ1) is 9.90. The van der Waals surface area contributed by atoms with Crippen LogP contribution in [0.2, 0.25) is 0 Å². The molecular formula is C17H29NO3. The lowest BCUT2D eigenvalue weighted by molar-refractivity contribution is -0.214. The lowest BCUT2D eigenvalue weighted by atomic mass is 9.74. The number of carbonyl (C=O) groups is 1. The predicted octanol–water partition coefficient (Wildman–Crippen LogP) is 2.61. The Morgan fingerprint density at radius 2 is 1.81 bits per heavy atom. The van der Waals surface area contributed by atoms with Crippen LogP contribution in [0.25, 0.3) is 0 Å². The van der Waals surface area contributed by atoms with E-state index in [1.165, 1.54) is 6.42 Å². The second-order valence-corrected chi connectivity index (χ2v) is 7.83. The Kier molecular flexibility index (Phi) is 4.04. The monoisotopic (exact) mass is 295 g/mol. The van der Waals surface area contributed by atoms with Gasteiger partial charge in [-0.2, -0.15) is 0 Å². The molecule has 0 saturated carbocycles. The summed E-state index contributed by atoms with van der Waals surface area (Å²) < 4.78 is 11.8. The van der Waals surface area contributed by atoms with E-state index in [4.69, 9.17) is 9.47 Å². The van der Waals surface area contributed by atoms with E-state index >= 15 is 0 Å². The molecule has 0 aromatic heterocycles. The summed E-state index contributed by atoms with van der Waals surface area (Å²) in [4.78, 5) is 14.8. The minimum atomic E-state index is -0.0474. The summed E-state index contributed by atoms with van der Waals surface area (Å²) in [6.07, 6.45) is 5.01. The third kappa shape index (κ3) is 3.11. The Hall–Kier alpha value is -0.610. The Balaban J connectivity index is 1.63. The van der Waals surface area contributed by atoms with Crippen molar-refractivity contribution < 1.29 is 14.3 Å². The molecule has 1 amide bonds. The van der Waals surface area contributed by atoms with E-state index in [9.17, 15) is 4.79 Å². The first kappa shape index (κ1) is 15.3. The van der Waals surface area contributed by atoms with Gasteiger partial charge in [0.15, 0.2) is 0 Å². The molecule has 3 rings (SSSR count). The molecule has 4 nitrogen and oxygen atoms in total. The largest absolute Gasteiger partial charge is 0.381 e. The first-order valence-corrected chi connectivity index (χ1v) is 8.46. The van der Waals surface area contributed by atoms with E-state index in [0.717, 1.165) is 52.0 Å². The van der Waals surface area contributed by atoms with Gasteiger partial charge in [-0.3, -0.25) is 4.79 Å². The topological polar surface area (TPSA) is 38.8 Å². The van der Waals surface area contributed by atoms with Crippen LogP contribution in [-0.4, -0.2) is 48.3 Å². The second-order valence-electron chi connectivity index (χ2n) is 7.83. The highest BCUT2D eigenvalue weighted by Crippen LogP contribution is 2.44. The molecule has 0 aromatic carbocycles. The number of fused-ring (bicyclic) bond motifs is 1. The van der Waals surface area contributed by atoms with Gasteiger partial charge < -0.3 is 14.4 Å². The molecule has 120 valence electrons. The van der Waals surface area contributed by atoms with Gasteiger partial charge in [0, 0.05) is 38.1 Å². The van der Waals surface area contributed by atoms with Gasteiger partial charge in [0.1, 0.15) is 0 Å². The van der Waals surface area contributed by atoms with Gasteiger partial charge in [-0.25, -0.2) is 0 Å². The molecule has 3 aliphatic rings. The zero-order valence-corrected chi connectivity index (χ0v) is 13.7. The molecule has 3 heterocycles. The highest BCUT2D eigenvalue weighted by molar-refractivity contribution is 5.79. The van der Waals surface area contributed by atoms with Gasteiger partial charge in [0.05, 0.1) is 11.2 Å². The highest BCUT2D eigenvalue weighted by Gasteiger charge is 2.48. The van der Waals surface area contributed by atoms with Gasteiger partial charge in [-0.15, -0.1) is 0 Å². The fourth-order valence-corrected chi connectivity index (χ4v) is 4.25. The first-order valence-electron chi connectivity index (χ1n) is 8.46. The molecule has 0 spiro atoms. The molecule has 3 fully saturated rings. The predicted molar refractivity (Wildman–Crippen MR) is 81.0 cm³/mol. The third-order valence-electron chi connectivity index (χ3n) is 5.67. The van der Waals surface area contributed by atoms with Crippen molar-refractivity contribution in [1.82, 2.24) is 4.90 Å². The Labute approximate surface area is 128 Å². The highest BCUT2D eigenvalue weighted by atomic mass is 16.5. The zero-order chi connectivity index (χ0) is 15.1. The summed E-state index contributed by atoms with van der Waals surface area (Å²) in [5.41, 5.74) is -0.0632. The summed E-state index contributed by atoms with van der Waals surface area (Å²) in [7, 11) is 0. The molecule has 3 aliphatic heterocycles. The molecule has 3 saturated heterocycles.